The van der Waals surface area contributed by atoms with Crippen molar-refractivity contribution < 1.29 is 4.79 Å². The smallest absolute Gasteiger partial charge is 0.244 e. The molecule has 158 valence electrons. The summed E-state index contributed by atoms with van der Waals surface area (Å²) in [6.45, 7) is 5.94. The third-order valence-electron chi connectivity index (χ3n) is 5.69. The van der Waals surface area contributed by atoms with Crippen molar-refractivity contribution in [3.05, 3.63) is 59.9 Å². The number of likely N-dealkylation sites (tertiary alicyclic amines) is 1. The summed E-state index contributed by atoms with van der Waals surface area (Å²) in [5, 5.41) is 3.04. The molecular weight excluding hydrogens is 392 g/mol. The summed E-state index contributed by atoms with van der Waals surface area (Å²) >= 11 is 1.71. The average molecular weight is 423 g/mol. The summed E-state index contributed by atoms with van der Waals surface area (Å²) in [5.74, 6) is 2.47. The number of nitrogens with one attached hydrogen (secondary N) is 1. The molecule has 1 unspecified atom stereocenters. The molecule has 0 saturated carbocycles. The first kappa shape index (κ1) is 20.9. The normalized spacial score (nSPS) is 17.3. The van der Waals surface area contributed by atoms with Crippen LogP contribution in [0.3, 0.4) is 0 Å². The molecule has 5 nitrogen and oxygen atoms in total. The minimum atomic E-state index is -0.0295. The minimum Gasteiger partial charge on any atom is -0.325 e. The first-order valence-corrected chi connectivity index (χ1v) is 12.1. The van der Waals surface area contributed by atoms with Gasteiger partial charge in [0.15, 0.2) is 0 Å². The van der Waals surface area contributed by atoms with Crippen molar-refractivity contribution in [3.63, 3.8) is 0 Å². The quantitative estimate of drug-likeness (QED) is 0.596. The Bertz CT molecular complexity index is 998. The third kappa shape index (κ3) is 5.05. The van der Waals surface area contributed by atoms with Crippen LogP contribution in [0.1, 0.15) is 31.2 Å². The van der Waals surface area contributed by atoms with Gasteiger partial charge in [-0.15, -0.1) is 0 Å². The molecule has 0 aliphatic carbocycles. The highest BCUT2D eigenvalue weighted by Gasteiger charge is 2.16. The van der Waals surface area contributed by atoms with Crippen LogP contribution >= 0.6 is 11.8 Å². The van der Waals surface area contributed by atoms with Crippen molar-refractivity contribution in [1.29, 1.82) is 0 Å². The molecule has 1 saturated heterocycles. The Morgan fingerprint density at radius 1 is 1.20 bits per heavy atom. The van der Waals surface area contributed by atoms with E-state index in [1.807, 2.05) is 41.0 Å². The second kappa shape index (κ2) is 9.67. The number of piperidine rings is 1. The topological polar surface area (TPSA) is 50.2 Å². The summed E-state index contributed by atoms with van der Waals surface area (Å²) < 4.78 is 2.02. The predicted molar refractivity (Wildman–Crippen MR) is 126 cm³/mol. The van der Waals surface area contributed by atoms with Crippen LogP contribution in [0.2, 0.25) is 0 Å². The van der Waals surface area contributed by atoms with Crippen molar-refractivity contribution in [3.8, 4) is 0 Å². The Balaban J connectivity index is 1.40. The molecule has 0 bridgehead atoms. The number of aromatic nitrogens is 2. The van der Waals surface area contributed by atoms with Gasteiger partial charge in [0.05, 0.1) is 16.8 Å². The molecule has 2 aromatic carbocycles. The van der Waals surface area contributed by atoms with Crippen molar-refractivity contribution >= 4 is 34.4 Å². The van der Waals surface area contributed by atoms with Crippen molar-refractivity contribution in [2.75, 3.05) is 24.7 Å². The van der Waals surface area contributed by atoms with Gasteiger partial charge < -0.3 is 9.88 Å². The van der Waals surface area contributed by atoms with E-state index in [0.29, 0.717) is 0 Å². The van der Waals surface area contributed by atoms with Crippen LogP contribution in [0, 0.1) is 5.92 Å². The average Bonchev–Trinajstić information content (AvgIpc) is 3.07. The van der Waals surface area contributed by atoms with Crippen molar-refractivity contribution in [2.24, 2.45) is 5.92 Å². The molecule has 1 aliphatic heterocycles. The number of hydrogen-bond donors (Lipinski definition) is 1. The molecule has 1 atom stereocenters. The maximum Gasteiger partial charge on any atom is 0.244 e. The number of hydrogen-bond acceptors (Lipinski definition) is 4. The molecule has 1 aliphatic rings. The Kier molecular flexibility index (Phi) is 6.75. The van der Waals surface area contributed by atoms with Gasteiger partial charge >= 0.3 is 0 Å². The highest BCUT2D eigenvalue weighted by atomic mass is 32.2. The molecule has 30 heavy (non-hydrogen) atoms. The second-order valence-electron chi connectivity index (χ2n) is 8.26. The van der Waals surface area contributed by atoms with Gasteiger partial charge in [0.2, 0.25) is 5.91 Å². The monoisotopic (exact) mass is 422 g/mol. The van der Waals surface area contributed by atoms with E-state index in [1.54, 1.807) is 11.8 Å². The van der Waals surface area contributed by atoms with Gasteiger partial charge in [-0.05, 0) is 61.4 Å². The van der Waals surface area contributed by atoms with Crippen LogP contribution in [-0.2, 0) is 23.6 Å². The van der Waals surface area contributed by atoms with Gasteiger partial charge in [-0.25, -0.2) is 4.98 Å². The first-order valence-electron chi connectivity index (χ1n) is 10.7. The molecular formula is C24H30N4OS. The van der Waals surface area contributed by atoms with E-state index >= 15 is 0 Å². The van der Waals surface area contributed by atoms with Crippen LogP contribution in [0.15, 0.2) is 48.5 Å². The maximum atomic E-state index is 12.7. The largest absolute Gasteiger partial charge is 0.325 e. The maximum absolute atomic E-state index is 12.7. The SMILES string of the molecule is CSCc1nc2ccccc2n1CC(=O)Nc1ccc(CN2CCCC(C)C2)cc1. The third-order valence-corrected chi connectivity index (χ3v) is 6.24. The molecule has 4 rings (SSSR count). The standard InChI is InChI=1S/C24H30N4OS/c1-18-6-5-13-27(14-18)15-19-9-11-20(12-10-19)25-24(29)16-28-22-8-4-3-7-21(22)26-23(28)17-30-2/h3-4,7-12,18H,5-6,13-17H2,1-2H3,(H,25,29). The van der Waals surface area contributed by atoms with Gasteiger partial charge in [0.25, 0.3) is 0 Å². The number of thioether (sulfide) groups is 1. The fourth-order valence-corrected chi connectivity index (χ4v) is 4.75. The Morgan fingerprint density at radius 2 is 2.00 bits per heavy atom. The van der Waals surface area contributed by atoms with Gasteiger partial charge in [-0.1, -0.05) is 31.2 Å². The Morgan fingerprint density at radius 3 is 2.77 bits per heavy atom. The zero-order valence-electron chi connectivity index (χ0n) is 17.8. The lowest BCUT2D eigenvalue weighted by molar-refractivity contribution is -0.116. The summed E-state index contributed by atoms with van der Waals surface area (Å²) in [6.07, 6.45) is 4.68. The number of rotatable bonds is 7. The molecule has 0 spiro atoms. The van der Waals surface area contributed by atoms with Crippen molar-refractivity contribution in [1.82, 2.24) is 14.5 Å². The van der Waals surface area contributed by atoms with E-state index in [9.17, 15) is 4.79 Å². The van der Waals surface area contributed by atoms with Gasteiger partial charge in [0.1, 0.15) is 12.4 Å². The molecule has 3 aromatic rings. The van der Waals surface area contributed by atoms with Gasteiger partial charge in [-0.2, -0.15) is 11.8 Å². The number of carbonyl (C=O) groups is 1. The lowest BCUT2D eigenvalue weighted by Gasteiger charge is -2.30. The highest BCUT2D eigenvalue weighted by molar-refractivity contribution is 7.97. The Hall–Kier alpha value is -2.31. The number of para-hydroxylation sites is 2. The van der Waals surface area contributed by atoms with Crippen LogP contribution in [0.4, 0.5) is 5.69 Å². The van der Waals surface area contributed by atoms with E-state index in [0.717, 1.165) is 40.8 Å². The summed E-state index contributed by atoms with van der Waals surface area (Å²) in [5.41, 5.74) is 4.07. The molecule has 6 heteroatoms. The highest BCUT2D eigenvalue weighted by Crippen LogP contribution is 2.21. The molecule has 2 heterocycles. The Labute approximate surface area is 182 Å². The zero-order valence-corrected chi connectivity index (χ0v) is 18.6. The van der Waals surface area contributed by atoms with Crippen LogP contribution in [0.25, 0.3) is 11.0 Å². The lowest BCUT2D eigenvalue weighted by atomic mass is 10.00. The van der Waals surface area contributed by atoms with Gasteiger partial charge in [-0.3, -0.25) is 9.69 Å². The number of anilines is 1. The lowest BCUT2D eigenvalue weighted by Crippen LogP contribution is -2.33. The van der Waals surface area contributed by atoms with Crippen LogP contribution in [0.5, 0.6) is 0 Å². The summed E-state index contributed by atoms with van der Waals surface area (Å²) in [4.78, 5) is 20.0. The van der Waals surface area contributed by atoms with E-state index in [2.05, 4.69) is 35.5 Å². The van der Waals surface area contributed by atoms with E-state index in [1.165, 1.54) is 31.5 Å². The van der Waals surface area contributed by atoms with E-state index in [4.69, 9.17) is 4.98 Å². The molecule has 1 fully saturated rings. The predicted octanol–water partition coefficient (Wildman–Crippen LogP) is 4.77. The molecule has 1 N–H and O–H groups in total. The van der Waals surface area contributed by atoms with Gasteiger partial charge in [0, 0.05) is 18.8 Å². The fourth-order valence-electron chi connectivity index (χ4n) is 4.27. The number of amides is 1. The minimum absolute atomic E-state index is 0.0295. The molecule has 1 amide bonds. The summed E-state index contributed by atoms with van der Waals surface area (Å²) in [7, 11) is 0. The summed E-state index contributed by atoms with van der Waals surface area (Å²) in [6, 6.07) is 16.3. The molecule has 0 radical (unpaired) electrons. The number of carbonyl (C=O) groups excluding carboxylic acids is 1. The zero-order chi connectivity index (χ0) is 20.9. The van der Waals surface area contributed by atoms with E-state index in [-0.39, 0.29) is 12.5 Å². The van der Waals surface area contributed by atoms with Crippen molar-refractivity contribution in [2.45, 2.75) is 38.6 Å². The van der Waals surface area contributed by atoms with Crippen LogP contribution < -0.4 is 5.32 Å². The molecule has 1 aromatic heterocycles. The number of benzene rings is 2. The van der Waals surface area contributed by atoms with Crippen LogP contribution in [-0.4, -0.2) is 39.7 Å². The number of imidazole rings is 1. The number of nitrogens with zero attached hydrogens (tertiary/aromatic N) is 3. The fraction of sp³-hybridized carbons (Fsp3) is 0.417. The number of fused-ring (bicyclic) bond motifs is 1. The first-order chi connectivity index (χ1) is 14.6. The van der Waals surface area contributed by atoms with E-state index < -0.39 is 0 Å². The second-order valence-corrected chi connectivity index (χ2v) is 9.13.